The highest BCUT2D eigenvalue weighted by atomic mass is 127. The lowest BCUT2D eigenvalue weighted by atomic mass is 10.1. The summed E-state index contributed by atoms with van der Waals surface area (Å²) in [5.41, 5.74) is 5.66. The molecule has 0 saturated carbocycles. The topological polar surface area (TPSA) is 131 Å². The molecule has 3 aromatic heterocycles. The third-order valence-electron chi connectivity index (χ3n) is 10.0. The van der Waals surface area contributed by atoms with Crippen LogP contribution in [0.25, 0.3) is 23.2 Å². The van der Waals surface area contributed by atoms with Gasteiger partial charge in [-0.2, -0.15) is 9.50 Å². The summed E-state index contributed by atoms with van der Waals surface area (Å²) in [5, 5.41) is 7.56. The lowest BCUT2D eigenvalue weighted by Gasteiger charge is -2.36. The summed E-state index contributed by atoms with van der Waals surface area (Å²) in [5.74, 6) is -3.07. The van der Waals surface area contributed by atoms with Gasteiger partial charge in [0.2, 0.25) is 11.7 Å². The van der Waals surface area contributed by atoms with E-state index in [2.05, 4.69) is 26.5 Å². The van der Waals surface area contributed by atoms with Crippen LogP contribution in [0.5, 0.6) is 0 Å². The minimum absolute atomic E-state index is 0.121. The Morgan fingerprint density at radius 1 is 1.02 bits per heavy atom. The molecule has 0 bridgehead atoms. The largest absolute Gasteiger partial charge is 0.362 e. The predicted octanol–water partition coefficient (Wildman–Crippen LogP) is 5.80. The van der Waals surface area contributed by atoms with E-state index >= 15 is 0 Å². The molecule has 2 aliphatic rings. The number of hydrogen-bond donors (Lipinski definition) is 1. The molecule has 5 aromatic rings. The van der Waals surface area contributed by atoms with E-state index in [-0.39, 0.29) is 35.8 Å². The molecule has 1 aliphatic heterocycles. The molecule has 1 fully saturated rings. The third kappa shape index (κ3) is 6.82. The normalized spacial score (nSPS) is 14.2. The van der Waals surface area contributed by atoms with Gasteiger partial charge in [-0.3, -0.25) is 14.4 Å². The number of nitrogens with zero attached hydrogens (tertiary/aromatic N) is 8. The second-order valence-electron chi connectivity index (χ2n) is 13.2. The van der Waals surface area contributed by atoms with Crippen molar-refractivity contribution in [1.29, 1.82) is 0 Å². The molecule has 0 unspecified atom stereocenters. The highest BCUT2D eigenvalue weighted by molar-refractivity contribution is 14.1. The van der Waals surface area contributed by atoms with E-state index in [0.717, 1.165) is 28.8 Å². The summed E-state index contributed by atoms with van der Waals surface area (Å²) in [6, 6.07) is 10.1. The Kier molecular flexibility index (Phi) is 9.86. The number of carbonyl (C=O) groups excluding carboxylic acids is 2. The van der Waals surface area contributed by atoms with Crippen LogP contribution in [0, 0.1) is 17.4 Å². The first-order valence-corrected chi connectivity index (χ1v) is 18.6. The number of anilines is 2. The van der Waals surface area contributed by atoms with E-state index in [4.69, 9.17) is 4.98 Å². The zero-order valence-electron chi connectivity index (χ0n) is 29.8. The maximum atomic E-state index is 14.4. The number of carbonyl (C=O) groups is 2. The number of nitrogens with one attached hydrogen (secondary N) is 1. The van der Waals surface area contributed by atoms with Gasteiger partial charge in [-0.25, -0.2) is 18.7 Å². The second kappa shape index (κ2) is 14.4. The number of hydrogen-bond acceptors (Lipinski definition) is 8. The van der Waals surface area contributed by atoms with Gasteiger partial charge >= 0.3 is 0 Å². The van der Waals surface area contributed by atoms with Crippen LogP contribution < -0.4 is 15.8 Å². The van der Waals surface area contributed by atoms with Crippen molar-refractivity contribution in [3.05, 3.63) is 102 Å². The Morgan fingerprint density at radius 3 is 2.51 bits per heavy atom. The van der Waals surface area contributed by atoms with Crippen molar-refractivity contribution < 1.29 is 18.4 Å². The molecule has 12 nitrogen and oxygen atoms in total. The fraction of sp³-hybridized carbons (Fsp3) is 0.342. The van der Waals surface area contributed by atoms with E-state index < -0.39 is 11.8 Å². The number of rotatable bonds is 9. The predicted molar refractivity (Wildman–Crippen MR) is 206 cm³/mol. The van der Waals surface area contributed by atoms with Crippen LogP contribution in [0.4, 0.5) is 20.2 Å². The van der Waals surface area contributed by atoms with Crippen molar-refractivity contribution in [3.63, 3.8) is 0 Å². The molecule has 7 rings (SSSR count). The maximum Gasteiger partial charge on any atom is 0.299 e. The van der Waals surface area contributed by atoms with Gasteiger partial charge in [0.1, 0.15) is 24.3 Å². The summed E-state index contributed by atoms with van der Waals surface area (Å²) in [6.45, 7) is 8.18. The van der Waals surface area contributed by atoms with E-state index in [9.17, 15) is 23.2 Å². The first-order valence-electron chi connectivity index (χ1n) is 17.5. The average molecular weight is 834 g/mol. The van der Waals surface area contributed by atoms with Crippen LogP contribution in [-0.2, 0) is 30.1 Å². The standard InChI is InChI=1S/C38H38F2IN9O3/c1-5-30-33(47-14-16-48(17-15-47)35(52)32-22(3)23(4)42-21-43-32)36(53)50-37(45-34(46-50)26-11-10-24-8-7-9-25(24)18-26)49(30)20-31(51)44-29-13-12-27(19-28(29)41)38(39,40)6-2/h7,9-13,18-19,21H,5-6,8,14-17,20H2,1-4H3,(H,44,51). The van der Waals surface area contributed by atoms with Crippen LogP contribution in [0.2, 0.25) is 0 Å². The summed E-state index contributed by atoms with van der Waals surface area (Å²) < 4.78 is 32.2. The van der Waals surface area contributed by atoms with Crippen molar-refractivity contribution in [2.45, 2.75) is 59.4 Å². The number of benzene rings is 2. The van der Waals surface area contributed by atoms with Crippen molar-refractivity contribution in [1.82, 2.24) is 34.0 Å². The Hall–Kier alpha value is -5.06. The lowest BCUT2D eigenvalue weighted by molar-refractivity contribution is -0.116. The van der Waals surface area contributed by atoms with E-state index in [0.29, 0.717) is 64.8 Å². The van der Waals surface area contributed by atoms with Crippen LogP contribution in [0.1, 0.15) is 64.4 Å². The zero-order chi connectivity index (χ0) is 37.6. The molecule has 53 heavy (non-hydrogen) atoms. The van der Waals surface area contributed by atoms with Crippen molar-refractivity contribution in [2.24, 2.45) is 0 Å². The molecule has 15 heteroatoms. The number of aryl methyl sites for hydroxylation is 1. The molecule has 4 heterocycles. The Morgan fingerprint density at radius 2 is 1.79 bits per heavy atom. The van der Waals surface area contributed by atoms with Gasteiger partial charge in [0.15, 0.2) is 5.82 Å². The van der Waals surface area contributed by atoms with E-state index in [1.807, 2.05) is 72.5 Å². The molecule has 0 radical (unpaired) electrons. The molecule has 1 saturated heterocycles. The number of allylic oxidation sites excluding steroid dienone is 1. The van der Waals surface area contributed by atoms with Crippen LogP contribution in [-0.4, -0.2) is 72.0 Å². The zero-order valence-corrected chi connectivity index (χ0v) is 31.9. The maximum absolute atomic E-state index is 14.4. The average Bonchev–Trinajstić information content (AvgIpc) is 3.82. The molecule has 1 N–H and O–H groups in total. The van der Waals surface area contributed by atoms with Crippen molar-refractivity contribution in [3.8, 4) is 11.4 Å². The number of fused-ring (bicyclic) bond motifs is 2. The lowest BCUT2D eigenvalue weighted by Crippen LogP contribution is -2.51. The van der Waals surface area contributed by atoms with Gasteiger partial charge in [0, 0.05) is 58.6 Å². The highest BCUT2D eigenvalue weighted by Crippen LogP contribution is 2.34. The van der Waals surface area contributed by atoms with Gasteiger partial charge in [-0.15, -0.1) is 5.10 Å². The molecule has 2 amide bonds. The Labute approximate surface area is 318 Å². The fourth-order valence-electron chi connectivity index (χ4n) is 6.86. The summed E-state index contributed by atoms with van der Waals surface area (Å²) in [7, 11) is 0. The highest BCUT2D eigenvalue weighted by Gasteiger charge is 2.31. The Bertz CT molecular complexity index is 2360. The Balaban J connectivity index is 1.25. The first-order chi connectivity index (χ1) is 25.4. The molecule has 1 aliphatic carbocycles. The molecule has 0 spiro atoms. The van der Waals surface area contributed by atoms with Gasteiger partial charge in [-0.1, -0.05) is 44.2 Å². The minimum atomic E-state index is -2.98. The smallest absolute Gasteiger partial charge is 0.299 e. The first kappa shape index (κ1) is 36.3. The number of halogens is 3. The summed E-state index contributed by atoms with van der Waals surface area (Å²) in [6.07, 6.45) is 6.41. The monoisotopic (exact) mass is 833 g/mol. The van der Waals surface area contributed by atoms with Gasteiger partial charge < -0.3 is 19.7 Å². The van der Waals surface area contributed by atoms with E-state index in [1.165, 1.54) is 41.5 Å². The van der Waals surface area contributed by atoms with Crippen LogP contribution in [0.15, 0.2) is 53.6 Å². The molecule has 0 atom stereocenters. The third-order valence-corrected chi connectivity index (χ3v) is 10.9. The summed E-state index contributed by atoms with van der Waals surface area (Å²) in [4.78, 5) is 58.5. The quantitative estimate of drug-likeness (QED) is 0.185. The number of amides is 2. The molecule has 274 valence electrons. The van der Waals surface area contributed by atoms with Crippen molar-refractivity contribution in [2.75, 3.05) is 36.4 Å². The minimum Gasteiger partial charge on any atom is -0.362 e. The fourth-order valence-corrected chi connectivity index (χ4v) is 7.51. The van der Waals surface area contributed by atoms with E-state index in [1.54, 1.807) is 9.47 Å². The van der Waals surface area contributed by atoms with Crippen LogP contribution in [0.3, 0.4) is 0 Å². The molecular formula is C38H38F2IN9O3. The second-order valence-corrected chi connectivity index (χ2v) is 14.4. The van der Waals surface area contributed by atoms with Gasteiger partial charge in [0.05, 0.1) is 11.4 Å². The van der Waals surface area contributed by atoms with Gasteiger partial charge in [-0.05, 0) is 78.6 Å². The van der Waals surface area contributed by atoms with Crippen molar-refractivity contribution >= 4 is 57.6 Å². The number of alkyl halides is 2. The number of piperazine rings is 1. The molecular weight excluding hydrogens is 795 g/mol. The van der Waals surface area contributed by atoms with Crippen LogP contribution >= 0.6 is 22.6 Å². The number of aromatic nitrogens is 6. The van der Waals surface area contributed by atoms with Gasteiger partial charge in [0.25, 0.3) is 17.4 Å². The SMILES string of the molecule is CCc1c(N2CCN(C(=O)c3ncnc(C)c3C)CC2)c(=O)n2nc(-c3ccc4c(c3)C=CC4)nc2n1CC(=O)Nc1ccc(C(F)(F)CC)cc1I. The molecule has 2 aromatic carbocycles. The summed E-state index contributed by atoms with van der Waals surface area (Å²) >= 11 is 1.94.